The maximum Gasteiger partial charge on any atom is 0.229 e. The zero-order valence-electron chi connectivity index (χ0n) is 7.74. The maximum absolute atomic E-state index is 10.9. The fraction of sp³-hybridized carbons (Fsp3) is 0.250. The Balaban J connectivity index is 2.74. The van der Waals surface area contributed by atoms with E-state index in [0.717, 1.165) is 11.8 Å². The van der Waals surface area contributed by atoms with Gasteiger partial charge in [-0.05, 0) is 17.7 Å². The zero-order valence-corrected chi connectivity index (χ0v) is 8.56. The molecule has 0 heterocycles. The Hall–Kier alpha value is -1.11. The highest BCUT2D eigenvalue weighted by atomic mass is 32.2. The highest BCUT2D eigenvalue weighted by Crippen LogP contribution is 2.10. The molecule has 0 amide bonds. The standard InChI is InChI=1S/C8H12N3O2S/c1-14(12,13)11-8-4-2-7(3-5-8)6-10-9/h2-5,9-11H,6H2,1H3. The van der Waals surface area contributed by atoms with Crippen molar-refractivity contribution in [3.63, 3.8) is 0 Å². The van der Waals surface area contributed by atoms with Crippen LogP contribution in [0.3, 0.4) is 0 Å². The van der Waals surface area contributed by atoms with Gasteiger partial charge in [0, 0.05) is 12.2 Å². The van der Waals surface area contributed by atoms with E-state index < -0.39 is 10.0 Å². The molecule has 1 aromatic rings. The predicted octanol–water partition coefficient (Wildman–Crippen LogP) is 0.346. The van der Waals surface area contributed by atoms with E-state index in [2.05, 4.69) is 10.1 Å². The summed E-state index contributed by atoms with van der Waals surface area (Å²) in [4.78, 5) is 0. The lowest BCUT2D eigenvalue weighted by molar-refractivity contribution is 0.607. The molecule has 0 aliphatic carbocycles. The van der Waals surface area contributed by atoms with Gasteiger partial charge in [0.15, 0.2) is 0 Å². The minimum atomic E-state index is -3.20. The number of benzene rings is 1. The molecule has 1 radical (unpaired) electrons. The van der Waals surface area contributed by atoms with Gasteiger partial charge in [-0.15, -0.1) is 0 Å². The molecule has 0 saturated heterocycles. The molecule has 0 saturated carbocycles. The lowest BCUT2D eigenvalue weighted by Gasteiger charge is -2.04. The molecule has 0 aliphatic heterocycles. The predicted molar refractivity (Wildman–Crippen MR) is 54.8 cm³/mol. The van der Waals surface area contributed by atoms with Crippen LogP contribution in [0.1, 0.15) is 5.56 Å². The van der Waals surface area contributed by atoms with Gasteiger partial charge in [-0.25, -0.2) is 13.8 Å². The molecule has 0 spiro atoms. The van der Waals surface area contributed by atoms with Crippen LogP contribution in [0.15, 0.2) is 24.3 Å². The zero-order chi connectivity index (χ0) is 10.6. The van der Waals surface area contributed by atoms with E-state index in [1.165, 1.54) is 0 Å². The number of sulfonamides is 1. The highest BCUT2D eigenvalue weighted by molar-refractivity contribution is 7.92. The van der Waals surface area contributed by atoms with Gasteiger partial charge >= 0.3 is 0 Å². The number of nitrogens with one attached hydrogen (secondary N) is 3. The first-order chi connectivity index (χ1) is 6.51. The van der Waals surface area contributed by atoms with E-state index in [-0.39, 0.29) is 0 Å². The average Bonchev–Trinajstić information content (AvgIpc) is 2.06. The molecule has 3 N–H and O–H groups in total. The van der Waals surface area contributed by atoms with Crippen LogP contribution in [-0.2, 0) is 16.6 Å². The molecule has 0 unspecified atom stereocenters. The lowest BCUT2D eigenvalue weighted by atomic mass is 10.2. The maximum atomic E-state index is 10.9. The van der Waals surface area contributed by atoms with Gasteiger partial charge in [-0.3, -0.25) is 4.72 Å². The molecule has 0 fully saturated rings. The molecule has 1 rings (SSSR count). The van der Waals surface area contributed by atoms with Crippen molar-refractivity contribution in [1.29, 1.82) is 0 Å². The molecule has 0 aliphatic rings. The second kappa shape index (κ2) is 4.41. The topological polar surface area (TPSA) is 82.0 Å². The van der Waals surface area contributed by atoms with Gasteiger partial charge in [-0.1, -0.05) is 12.1 Å². The highest BCUT2D eigenvalue weighted by Gasteiger charge is 2.00. The molecule has 14 heavy (non-hydrogen) atoms. The van der Waals surface area contributed by atoms with Gasteiger partial charge in [0.2, 0.25) is 10.0 Å². The fourth-order valence-corrected chi connectivity index (χ4v) is 1.57. The van der Waals surface area contributed by atoms with Gasteiger partial charge in [0.25, 0.3) is 0 Å². The second-order valence-corrected chi connectivity index (χ2v) is 4.67. The third-order valence-electron chi connectivity index (χ3n) is 1.55. The van der Waals surface area contributed by atoms with Crippen molar-refractivity contribution in [3.05, 3.63) is 29.8 Å². The molecule has 77 valence electrons. The van der Waals surface area contributed by atoms with Crippen LogP contribution in [0.25, 0.3) is 0 Å². The van der Waals surface area contributed by atoms with E-state index in [1.807, 2.05) is 0 Å². The molecule has 0 bridgehead atoms. The first-order valence-corrected chi connectivity index (χ1v) is 5.87. The summed E-state index contributed by atoms with van der Waals surface area (Å²) in [7, 11) is -3.20. The Morgan fingerprint density at radius 1 is 1.29 bits per heavy atom. The summed E-state index contributed by atoms with van der Waals surface area (Å²) in [5.41, 5.74) is 3.72. The summed E-state index contributed by atoms with van der Waals surface area (Å²) in [5.74, 6) is 6.78. The minimum absolute atomic E-state index is 0.444. The van der Waals surface area contributed by atoms with Crippen LogP contribution >= 0.6 is 0 Å². The minimum Gasteiger partial charge on any atom is -0.284 e. The number of rotatable bonds is 4. The third-order valence-corrected chi connectivity index (χ3v) is 2.16. The van der Waals surface area contributed by atoms with Gasteiger partial charge in [-0.2, -0.15) is 5.84 Å². The van der Waals surface area contributed by atoms with Gasteiger partial charge in [0.1, 0.15) is 0 Å². The Morgan fingerprint density at radius 2 is 1.86 bits per heavy atom. The summed E-state index contributed by atoms with van der Waals surface area (Å²) < 4.78 is 24.1. The van der Waals surface area contributed by atoms with Crippen molar-refractivity contribution >= 4 is 15.7 Å². The smallest absolute Gasteiger partial charge is 0.229 e. The number of hydrogen-bond acceptors (Lipinski definition) is 3. The van der Waals surface area contributed by atoms with Crippen LogP contribution in [0.2, 0.25) is 0 Å². The van der Waals surface area contributed by atoms with E-state index in [0.29, 0.717) is 12.2 Å². The largest absolute Gasteiger partial charge is 0.284 e. The number of anilines is 1. The fourth-order valence-electron chi connectivity index (χ4n) is 1.01. The van der Waals surface area contributed by atoms with Gasteiger partial charge < -0.3 is 0 Å². The Kier molecular flexibility index (Phi) is 3.45. The summed E-state index contributed by atoms with van der Waals surface area (Å²) in [6.07, 6.45) is 1.10. The SMILES string of the molecule is CS(=O)(=O)Nc1ccc(CN[NH])cc1. The van der Waals surface area contributed by atoms with Gasteiger partial charge in [0.05, 0.1) is 6.26 Å². The van der Waals surface area contributed by atoms with Crippen molar-refractivity contribution < 1.29 is 8.42 Å². The quantitative estimate of drug-likeness (QED) is 0.709. The van der Waals surface area contributed by atoms with Crippen LogP contribution in [0, 0.1) is 0 Å². The summed E-state index contributed by atoms with van der Waals surface area (Å²) in [6, 6.07) is 6.84. The lowest BCUT2D eigenvalue weighted by Crippen LogP contribution is -2.10. The van der Waals surface area contributed by atoms with Crippen molar-refractivity contribution in [2.75, 3.05) is 11.0 Å². The van der Waals surface area contributed by atoms with Crippen LogP contribution in [0.5, 0.6) is 0 Å². The summed E-state index contributed by atoms with van der Waals surface area (Å²) in [6.45, 7) is 0.444. The van der Waals surface area contributed by atoms with Crippen molar-refractivity contribution in [2.24, 2.45) is 0 Å². The van der Waals surface area contributed by atoms with E-state index in [9.17, 15) is 8.42 Å². The first-order valence-electron chi connectivity index (χ1n) is 3.97. The van der Waals surface area contributed by atoms with E-state index >= 15 is 0 Å². The van der Waals surface area contributed by atoms with Crippen molar-refractivity contribution in [2.45, 2.75) is 6.54 Å². The van der Waals surface area contributed by atoms with Crippen molar-refractivity contribution in [1.82, 2.24) is 11.3 Å². The molecule has 0 aromatic heterocycles. The van der Waals surface area contributed by atoms with Crippen molar-refractivity contribution in [3.8, 4) is 0 Å². The average molecular weight is 214 g/mol. The monoisotopic (exact) mass is 214 g/mol. The second-order valence-electron chi connectivity index (χ2n) is 2.92. The van der Waals surface area contributed by atoms with Crippen LogP contribution in [-0.4, -0.2) is 14.7 Å². The van der Waals surface area contributed by atoms with Crippen LogP contribution < -0.4 is 16.0 Å². The molecule has 6 heteroatoms. The molecular weight excluding hydrogens is 202 g/mol. The number of hydrogen-bond donors (Lipinski definition) is 2. The van der Waals surface area contributed by atoms with E-state index in [4.69, 9.17) is 5.84 Å². The molecular formula is C8H12N3O2S. The summed E-state index contributed by atoms with van der Waals surface area (Å²) >= 11 is 0. The van der Waals surface area contributed by atoms with Crippen LogP contribution in [0.4, 0.5) is 5.69 Å². The third kappa shape index (κ3) is 3.73. The Morgan fingerprint density at radius 3 is 2.29 bits per heavy atom. The normalized spacial score (nSPS) is 11.3. The Labute approximate surface area is 83.3 Å². The molecule has 0 atom stereocenters. The molecule has 5 nitrogen and oxygen atoms in total. The first kappa shape index (κ1) is 11.0. The van der Waals surface area contributed by atoms with E-state index in [1.54, 1.807) is 24.3 Å². The molecule has 1 aromatic carbocycles. The summed E-state index contributed by atoms with van der Waals surface area (Å²) in [5, 5.41) is 0. The Bertz CT molecular complexity index is 386.